The minimum absolute atomic E-state index is 0.0611. The molecule has 0 bridgehead atoms. The van der Waals surface area contributed by atoms with Crippen molar-refractivity contribution in [3.63, 3.8) is 0 Å². The quantitative estimate of drug-likeness (QED) is 0.394. The molecule has 1 atom stereocenters. The van der Waals surface area contributed by atoms with E-state index in [2.05, 4.69) is 50.7 Å². The van der Waals surface area contributed by atoms with Crippen LogP contribution in [0.15, 0.2) is 101 Å². The Labute approximate surface area is 179 Å². The maximum atomic E-state index is 12.8. The normalized spacial score (nSPS) is 17.8. The van der Waals surface area contributed by atoms with Crippen LogP contribution in [-0.2, 0) is 10.2 Å². The number of benzene rings is 3. The summed E-state index contributed by atoms with van der Waals surface area (Å²) in [5.74, 6) is -0.199. The molecule has 3 aromatic rings. The Hall–Kier alpha value is -2.98. The summed E-state index contributed by atoms with van der Waals surface area (Å²) in [7, 11) is 0. The Morgan fingerprint density at radius 3 is 1.97 bits per heavy atom. The first-order valence-corrected chi connectivity index (χ1v) is 10.4. The molecule has 1 aliphatic carbocycles. The summed E-state index contributed by atoms with van der Waals surface area (Å²) in [5, 5.41) is 4.14. The van der Waals surface area contributed by atoms with Gasteiger partial charge in [0.1, 0.15) is 0 Å². The van der Waals surface area contributed by atoms with Gasteiger partial charge in [-0.3, -0.25) is 4.79 Å². The fraction of sp³-hybridized carbons (Fsp3) is 0.120. The summed E-state index contributed by atoms with van der Waals surface area (Å²) < 4.78 is 0.789. The van der Waals surface area contributed by atoms with Crippen molar-refractivity contribution >= 4 is 34.1 Å². The highest BCUT2D eigenvalue weighted by atomic mass is 79.9. The van der Waals surface area contributed by atoms with Gasteiger partial charge in [0.15, 0.2) is 0 Å². The Morgan fingerprint density at radius 2 is 1.41 bits per heavy atom. The minimum Gasteiger partial charge on any atom is -0.273 e. The molecule has 3 nitrogen and oxygen atoms in total. The second kappa shape index (κ2) is 8.58. The summed E-state index contributed by atoms with van der Waals surface area (Å²) in [6, 6.07) is 30.4. The van der Waals surface area contributed by atoms with Crippen molar-refractivity contribution in [3.8, 4) is 0 Å². The Morgan fingerprint density at radius 1 is 0.897 bits per heavy atom. The zero-order chi connectivity index (χ0) is 20.1. The van der Waals surface area contributed by atoms with Crippen LogP contribution in [-0.4, -0.2) is 12.1 Å². The van der Waals surface area contributed by atoms with Crippen molar-refractivity contribution in [3.05, 3.63) is 112 Å². The van der Waals surface area contributed by atoms with E-state index in [1.807, 2.05) is 72.8 Å². The molecule has 0 aromatic heterocycles. The maximum Gasteiger partial charge on any atom is 0.244 e. The van der Waals surface area contributed by atoms with E-state index in [1.165, 1.54) is 11.1 Å². The van der Waals surface area contributed by atoms with E-state index < -0.39 is 0 Å². The summed E-state index contributed by atoms with van der Waals surface area (Å²) >= 11 is 3.47. The molecule has 0 heterocycles. The molecule has 0 aliphatic heterocycles. The number of allylic oxidation sites excluding steroid dienone is 1. The van der Waals surface area contributed by atoms with Crippen LogP contribution in [0.3, 0.4) is 0 Å². The number of carbonyl (C=O) groups is 1. The van der Waals surface area contributed by atoms with Crippen molar-refractivity contribution in [2.24, 2.45) is 11.0 Å². The van der Waals surface area contributed by atoms with Gasteiger partial charge in [-0.15, -0.1) is 0 Å². The second-order valence-electron chi connectivity index (χ2n) is 7.13. The third kappa shape index (κ3) is 4.22. The summed E-state index contributed by atoms with van der Waals surface area (Å²) in [6.07, 6.45) is 4.34. The van der Waals surface area contributed by atoms with Crippen LogP contribution in [0.4, 0.5) is 0 Å². The number of hydrazone groups is 1. The van der Waals surface area contributed by atoms with Gasteiger partial charge in [-0.25, -0.2) is 5.43 Å². The van der Waals surface area contributed by atoms with E-state index in [1.54, 1.807) is 6.21 Å². The maximum absolute atomic E-state index is 12.8. The summed E-state index contributed by atoms with van der Waals surface area (Å²) in [6.45, 7) is 0. The molecule has 1 aliphatic rings. The van der Waals surface area contributed by atoms with Gasteiger partial charge in [-0.2, -0.15) is 5.10 Å². The molecule has 0 radical (unpaired) electrons. The highest BCUT2D eigenvalue weighted by molar-refractivity contribution is 9.12. The lowest BCUT2D eigenvalue weighted by Gasteiger charge is -2.18. The van der Waals surface area contributed by atoms with Crippen molar-refractivity contribution in [1.82, 2.24) is 5.43 Å². The van der Waals surface area contributed by atoms with Crippen LogP contribution in [0.2, 0.25) is 0 Å². The summed E-state index contributed by atoms with van der Waals surface area (Å²) in [5.41, 5.74) is 5.83. The number of amides is 1. The highest BCUT2D eigenvalue weighted by Crippen LogP contribution is 2.58. The van der Waals surface area contributed by atoms with Crippen LogP contribution < -0.4 is 5.43 Å². The van der Waals surface area contributed by atoms with Crippen molar-refractivity contribution in [2.45, 2.75) is 11.8 Å². The van der Waals surface area contributed by atoms with Gasteiger partial charge in [0.2, 0.25) is 5.91 Å². The topological polar surface area (TPSA) is 41.5 Å². The number of hydrogen-bond acceptors (Lipinski definition) is 2. The van der Waals surface area contributed by atoms with Crippen LogP contribution in [0.5, 0.6) is 0 Å². The minimum atomic E-state index is -0.279. The molecule has 4 heteroatoms. The average molecular weight is 445 g/mol. The third-order valence-corrected chi connectivity index (χ3v) is 5.76. The lowest BCUT2D eigenvalue weighted by molar-refractivity contribution is -0.122. The van der Waals surface area contributed by atoms with Crippen LogP contribution in [0.25, 0.3) is 6.08 Å². The van der Waals surface area contributed by atoms with E-state index >= 15 is 0 Å². The molecular weight excluding hydrogens is 424 g/mol. The number of nitrogens with zero attached hydrogens (tertiary/aromatic N) is 1. The molecule has 29 heavy (non-hydrogen) atoms. The first kappa shape index (κ1) is 19.3. The molecule has 1 saturated carbocycles. The van der Waals surface area contributed by atoms with Gasteiger partial charge in [-0.05, 0) is 45.1 Å². The number of halogens is 1. The first-order chi connectivity index (χ1) is 14.2. The SMILES string of the molecule is O=C(NN=C/C(Br)=C/c1ccccc1)[C@@H]1CC1(c1ccccc1)c1ccccc1. The Bertz CT molecular complexity index is 991. The van der Waals surface area contributed by atoms with Crippen LogP contribution in [0.1, 0.15) is 23.1 Å². The monoisotopic (exact) mass is 444 g/mol. The number of carbonyl (C=O) groups excluding carboxylic acids is 1. The van der Waals surface area contributed by atoms with Gasteiger partial charge in [-0.1, -0.05) is 91.0 Å². The predicted molar refractivity (Wildman–Crippen MR) is 122 cm³/mol. The van der Waals surface area contributed by atoms with E-state index in [0.29, 0.717) is 0 Å². The zero-order valence-electron chi connectivity index (χ0n) is 15.8. The van der Waals surface area contributed by atoms with Crippen molar-refractivity contribution in [2.75, 3.05) is 0 Å². The van der Waals surface area contributed by atoms with E-state index in [4.69, 9.17) is 0 Å². The largest absolute Gasteiger partial charge is 0.273 e. The summed E-state index contributed by atoms with van der Waals surface area (Å²) in [4.78, 5) is 12.8. The molecule has 0 saturated heterocycles. The van der Waals surface area contributed by atoms with Crippen molar-refractivity contribution in [1.29, 1.82) is 0 Å². The van der Waals surface area contributed by atoms with E-state index in [9.17, 15) is 4.79 Å². The number of hydrogen-bond donors (Lipinski definition) is 1. The number of nitrogens with one attached hydrogen (secondary N) is 1. The smallest absolute Gasteiger partial charge is 0.244 e. The van der Waals surface area contributed by atoms with Gasteiger partial charge in [0, 0.05) is 9.90 Å². The molecule has 1 amide bonds. The molecule has 0 unspecified atom stereocenters. The molecule has 0 spiro atoms. The van der Waals surface area contributed by atoms with Crippen LogP contribution >= 0.6 is 15.9 Å². The predicted octanol–water partition coefficient (Wildman–Crippen LogP) is 5.53. The average Bonchev–Trinajstić information content (AvgIpc) is 3.53. The Balaban J connectivity index is 1.48. The standard InChI is InChI=1S/C25H21BrN2O/c26-22(16-19-10-4-1-5-11-19)18-27-28-24(29)23-17-25(23,20-12-6-2-7-13-20)21-14-8-3-9-15-21/h1-16,18,23H,17H2,(H,28,29)/b22-16-,27-18?/t23-/m0/s1. The molecule has 144 valence electrons. The van der Waals surface area contributed by atoms with Crippen molar-refractivity contribution < 1.29 is 4.79 Å². The van der Waals surface area contributed by atoms with Gasteiger partial charge >= 0.3 is 0 Å². The first-order valence-electron chi connectivity index (χ1n) is 9.56. The zero-order valence-corrected chi connectivity index (χ0v) is 17.4. The van der Waals surface area contributed by atoms with E-state index in [-0.39, 0.29) is 17.2 Å². The van der Waals surface area contributed by atoms with Gasteiger partial charge < -0.3 is 0 Å². The third-order valence-electron chi connectivity index (χ3n) is 5.32. The lowest BCUT2D eigenvalue weighted by atomic mass is 9.85. The van der Waals surface area contributed by atoms with Gasteiger partial charge in [0.25, 0.3) is 0 Å². The lowest BCUT2D eigenvalue weighted by Crippen LogP contribution is -2.25. The molecule has 1 fully saturated rings. The molecule has 3 aromatic carbocycles. The highest BCUT2D eigenvalue weighted by Gasteiger charge is 2.60. The molecule has 4 rings (SSSR count). The molecular formula is C25H21BrN2O. The molecule has 1 N–H and O–H groups in total. The fourth-order valence-corrected chi connectivity index (χ4v) is 4.20. The van der Waals surface area contributed by atoms with E-state index in [0.717, 1.165) is 16.5 Å². The van der Waals surface area contributed by atoms with Crippen LogP contribution in [0, 0.1) is 5.92 Å². The Kier molecular flexibility index (Phi) is 5.72. The number of rotatable bonds is 6. The fourth-order valence-electron chi connectivity index (χ4n) is 3.84. The second-order valence-corrected chi connectivity index (χ2v) is 8.05. The van der Waals surface area contributed by atoms with Gasteiger partial charge in [0.05, 0.1) is 12.1 Å².